The third kappa shape index (κ3) is 2.78. The van der Waals surface area contributed by atoms with E-state index in [1.54, 1.807) is 14.2 Å². The van der Waals surface area contributed by atoms with Crippen LogP contribution in [0.2, 0.25) is 0 Å². The topological polar surface area (TPSA) is 59.9 Å². The van der Waals surface area contributed by atoms with Crippen LogP contribution in [-0.2, 0) is 12.8 Å². The van der Waals surface area contributed by atoms with Gasteiger partial charge in [0.1, 0.15) is 5.75 Å². The lowest BCUT2D eigenvalue weighted by atomic mass is 10.2. The Hall–Kier alpha value is -1.21. The first-order valence-electron chi connectivity index (χ1n) is 5.18. The largest absolute Gasteiger partial charge is 0.497 e. The van der Waals surface area contributed by atoms with Gasteiger partial charge in [-0.3, -0.25) is 4.57 Å². The number of nitrogens with one attached hydrogen (secondary N) is 1. The number of hydrogen-bond donors (Lipinski definition) is 1. The highest BCUT2D eigenvalue weighted by atomic mass is 79.9. The SMILES string of the molecule is COc1ccc(Br)c(CSc2n[nH]c(=O)n2C)c1. The maximum absolute atomic E-state index is 11.2. The molecule has 1 N–H and O–H groups in total. The van der Waals surface area contributed by atoms with Crippen LogP contribution < -0.4 is 10.4 Å². The summed E-state index contributed by atoms with van der Waals surface area (Å²) >= 11 is 4.98. The van der Waals surface area contributed by atoms with Crippen LogP contribution in [0.25, 0.3) is 0 Å². The summed E-state index contributed by atoms with van der Waals surface area (Å²) in [5, 5.41) is 7.02. The second-order valence-corrected chi connectivity index (χ2v) is 5.41. The van der Waals surface area contributed by atoms with E-state index in [9.17, 15) is 4.79 Å². The number of aromatic amines is 1. The summed E-state index contributed by atoms with van der Waals surface area (Å²) in [5.74, 6) is 1.51. The Labute approximate surface area is 117 Å². The van der Waals surface area contributed by atoms with Gasteiger partial charge in [0.05, 0.1) is 7.11 Å². The van der Waals surface area contributed by atoms with Crippen LogP contribution in [0, 0.1) is 0 Å². The molecule has 1 aromatic heterocycles. The Balaban J connectivity index is 2.15. The second-order valence-electron chi connectivity index (χ2n) is 3.62. The Morgan fingerprint density at radius 2 is 2.33 bits per heavy atom. The predicted molar refractivity (Wildman–Crippen MR) is 74.1 cm³/mol. The Morgan fingerprint density at radius 3 is 2.94 bits per heavy atom. The van der Waals surface area contributed by atoms with Gasteiger partial charge in [0.25, 0.3) is 0 Å². The first kappa shape index (κ1) is 13.2. The van der Waals surface area contributed by atoms with Crippen LogP contribution in [-0.4, -0.2) is 21.9 Å². The van der Waals surface area contributed by atoms with Crippen molar-refractivity contribution >= 4 is 27.7 Å². The highest BCUT2D eigenvalue weighted by molar-refractivity contribution is 9.10. The summed E-state index contributed by atoms with van der Waals surface area (Å²) in [6, 6.07) is 5.79. The van der Waals surface area contributed by atoms with Crippen LogP contribution in [0.15, 0.2) is 32.6 Å². The van der Waals surface area contributed by atoms with Gasteiger partial charge in [0.15, 0.2) is 5.16 Å². The third-order valence-electron chi connectivity index (χ3n) is 2.45. The lowest BCUT2D eigenvalue weighted by molar-refractivity contribution is 0.414. The van der Waals surface area contributed by atoms with Crippen molar-refractivity contribution in [2.24, 2.45) is 7.05 Å². The Morgan fingerprint density at radius 1 is 1.56 bits per heavy atom. The number of halogens is 1. The molecule has 0 aliphatic heterocycles. The molecule has 1 heterocycles. The predicted octanol–water partition coefficient (Wildman–Crippen LogP) is 2.17. The van der Waals surface area contributed by atoms with E-state index in [-0.39, 0.29) is 5.69 Å². The fraction of sp³-hybridized carbons (Fsp3) is 0.273. The van der Waals surface area contributed by atoms with Gasteiger partial charge in [-0.15, -0.1) is 5.10 Å². The van der Waals surface area contributed by atoms with Crippen LogP contribution in [0.1, 0.15) is 5.56 Å². The van der Waals surface area contributed by atoms with Gasteiger partial charge >= 0.3 is 5.69 Å². The van der Waals surface area contributed by atoms with Crippen molar-refractivity contribution in [2.75, 3.05) is 7.11 Å². The van der Waals surface area contributed by atoms with E-state index in [0.29, 0.717) is 10.9 Å². The molecule has 0 bridgehead atoms. The lowest BCUT2D eigenvalue weighted by Gasteiger charge is -2.06. The van der Waals surface area contributed by atoms with Gasteiger partial charge in [-0.2, -0.15) is 0 Å². The molecule has 1 aromatic carbocycles. The molecular formula is C11H12BrN3O2S. The monoisotopic (exact) mass is 329 g/mol. The number of nitrogens with zero attached hydrogens (tertiary/aromatic N) is 2. The number of rotatable bonds is 4. The summed E-state index contributed by atoms with van der Waals surface area (Å²) in [7, 11) is 3.33. The van der Waals surface area contributed by atoms with Gasteiger partial charge in [-0.1, -0.05) is 27.7 Å². The molecule has 0 unspecified atom stereocenters. The standard InChI is InChI=1S/C11H12BrN3O2S/c1-15-10(16)13-14-11(15)18-6-7-5-8(17-2)3-4-9(7)12/h3-5H,6H2,1-2H3,(H,13,16). The van der Waals surface area contributed by atoms with Gasteiger partial charge in [0, 0.05) is 17.3 Å². The number of thioether (sulfide) groups is 1. The zero-order valence-electron chi connectivity index (χ0n) is 9.94. The van der Waals surface area contributed by atoms with Crippen molar-refractivity contribution in [3.8, 4) is 5.75 Å². The maximum Gasteiger partial charge on any atom is 0.343 e. The summed E-state index contributed by atoms with van der Waals surface area (Å²) in [5.41, 5.74) is 0.886. The quantitative estimate of drug-likeness (QED) is 0.873. The molecular weight excluding hydrogens is 318 g/mol. The summed E-state index contributed by atoms with van der Waals surface area (Å²) in [6.45, 7) is 0. The molecule has 5 nitrogen and oxygen atoms in total. The van der Waals surface area contributed by atoms with E-state index in [1.807, 2.05) is 18.2 Å². The zero-order valence-corrected chi connectivity index (χ0v) is 12.3. The van der Waals surface area contributed by atoms with Crippen LogP contribution in [0.5, 0.6) is 5.75 Å². The molecule has 18 heavy (non-hydrogen) atoms. The van der Waals surface area contributed by atoms with Crippen molar-refractivity contribution in [3.05, 3.63) is 38.7 Å². The molecule has 2 aromatic rings. The van der Waals surface area contributed by atoms with Gasteiger partial charge in [-0.25, -0.2) is 9.89 Å². The van der Waals surface area contributed by atoms with Crippen molar-refractivity contribution in [2.45, 2.75) is 10.9 Å². The molecule has 0 amide bonds. The number of aromatic nitrogens is 3. The molecule has 0 saturated carbocycles. The molecule has 7 heteroatoms. The average Bonchev–Trinajstić information content (AvgIpc) is 2.69. The van der Waals surface area contributed by atoms with Crippen molar-refractivity contribution < 1.29 is 4.74 Å². The molecule has 0 aliphatic rings. The molecule has 96 valence electrons. The average molecular weight is 330 g/mol. The van der Waals surface area contributed by atoms with E-state index >= 15 is 0 Å². The molecule has 0 fully saturated rings. The molecule has 0 spiro atoms. The van der Waals surface area contributed by atoms with Crippen molar-refractivity contribution in [3.63, 3.8) is 0 Å². The number of ether oxygens (including phenoxy) is 1. The first-order chi connectivity index (χ1) is 8.61. The Bertz CT molecular complexity index is 609. The molecule has 0 aliphatic carbocycles. The van der Waals surface area contributed by atoms with E-state index in [4.69, 9.17) is 4.74 Å². The number of benzene rings is 1. The summed E-state index contributed by atoms with van der Waals surface area (Å²) in [4.78, 5) is 11.2. The lowest BCUT2D eigenvalue weighted by Crippen LogP contribution is -2.12. The highest BCUT2D eigenvalue weighted by Crippen LogP contribution is 2.28. The highest BCUT2D eigenvalue weighted by Gasteiger charge is 2.07. The van der Waals surface area contributed by atoms with Crippen LogP contribution >= 0.6 is 27.7 Å². The van der Waals surface area contributed by atoms with Gasteiger partial charge < -0.3 is 4.74 Å². The third-order valence-corrected chi connectivity index (χ3v) is 4.30. The fourth-order valence-electron chi connectivity index (χ4n) is 1.39. The Kier molecular flexibility index (Phi) is 4.13. The zero-order chi connectivity index (χ0) is 13.1. The van der Waals surface area contributed by atoms with Crippen molar-refractivity contribution in [1.29, 1.82) is 0 Å². The van der Waals surface area contributed by atoms with E-state index in [1.165, 1.54) is 16.3 Å². The normalized spacial score (nSPS) is 10.6. The number of hydrogen-bond acceptors (Lipinski definition) is 4. The minimum Gasteiger partial charge on any atom is -0.497 e. The maximum atomic E-state index is 11.2. The van der Waals surface area contributed by atoms with Crippen LogP contribution in [0.4, 0.5) is 0 Å². The fourth-order valence-corrected chi connectivity index (χ4v) is 2.88. The first-order valence-corrected chi connectivity index (χ1v) is 6.96. The van der Waals surface area contributed by atoms with Crippen molar-refractivity contribution in [1.82, 2.24) is 14.8 Å². The van der Waals surface area contributed by atoms with E-state index in [0.717, 1.165) is 15.8 Å². The number of methoxy groups -OCH3 is 1. The summed E-state index contributed by atoms with van der Waals surface area (Å²) in [6.07, 6.45) is 0. The van der Waals surface area contributed by atoms with Gasteiger partial charge in [-0.05, 0) is 23.8 Å². The minimum atomic E-state index is -0.206. The van der Waals surface area contributed by atoms with E-state index in [2.05, 4.69) is 26.1 Å². The van der Waals surface area contributed by atoms with Crippen LogP contribution in [0.3, 0.4) is 0 Å². The summed E-state index contributed by atoms with van der Waals surface area (Å²) < 4.78 is 7.68. The molecule has 0 saturated heterocycles. The molecule has 2 rings (SSSR count). The second kappa shape index (κ2) is 5.62. The number of H-pyrrole nitrogens is 1. The van der Waals surface area contributed by atoms with E-state index < -0.39 is 0 Å². The smallest absolute Gasteiger partial charge is 0.343 e. The molecule has 0 atom stereocenters. The van der Waals surface area contributed by atoms with Gasteiger partial charge in [0.2, 0.25) is 0 Å². The molecule has 0 radical (unpaired) electrons. The minimum absolute atomic E-state index is 0.206.